The number of rotatable bonds is 5. The van der Waals surface area contributed by atoms with Gasteiger partial charge in [-0.25, -0.2) is 0 Å². The summed E-state index contributed by atoms with van der Waals surface area (Å²) in [5.74, 6) is 0.676. The number of carbonyl (C=O) groups is 1. The Balaban J connectivity index is 1.50. The van der Waals surface area contributed by atoms with E-state index in [1.165, 1.54) is 0 Å². The van der Waals surface area contributed by atoms with E-state index in [2.05, 4.69) is 15.2 Å². The largest absolute Gasteiger partial charge is 0.490 e. The van der Waals surface area contributed by atoms with Gasteiger partial charge in [0.1, 0.15) is 12.4 Å². The van der Waals surface area contributed by atoms with Crippen molar-refractivity contribution in [2.75, 3.05) is 20.3 Å². The van der Waals surface area contributed by atoms with Gasteiger partial charge in [-0.3, -0.25) is 14.9 Å². The van der Waals surface area contributed by atoms with E-state index < -0.39 is 0 Å². The van der Waals surface area contributed by atoms with Crippen LogP contribution < -0.4 is 4.74 Å². The molecule has 1 fully saturated rings. The third-order valence-corrected chi connectivity index (χ3v) is 5.06. The summed E-state index contributed by atoms with van der Waals surface area (Å²) in [4.78, 5) is 19.0. The van der Waals surface area contributed by atoms with Gasteiger partial charge >= 0.3 is 0 Å². The molecule has 1 aliphatic heterocycles. The van der Waals surface area contributed by atoms with Gasteiger partial charge in [-0.1, -0.05) is 0 Å². The third-order valence-electron chi connectivity index (χ3n) is 5.06. The summed E-state index contributed by atoms with van der Waals surface area (Å²) in [7, 11) is 1.68. The maximum Gasteiger partial charge on any atom is 0.275 e. The molecule has 1 saturated heterocycles. The van der Waals surface area contributed by atoms with Gasteiger partial charge in [0.15, 0.2) is 5.69 Å². The topological polar surface area (TPSA) is 80.3 Å². The molecule has 2 aliphatic rings. The molecule has 7 nitrogen and oxygen atoms in total. The predicted molar refractivity (Wildman–Crippen MR) is 90.6 cm³/mol. The summed E-state index contributed by atoms with van der Waals surface area (Å²) >= 11 is 0. The van der Waals surface area contributed by atoms with Gasteiger partial charge in [0.25, 0.3) is 5.91 Å². The number of aryl methyl sites for hydroxylation is 1. The summed E-state index contributed by atoms with van der Waals surface area (Å²) in [5, 5.41) is 7.30. The van der Waals surface area contributed by atoms with Crippen LogP contribution in [0, 0.1) is 0 Å². The first-order valence-electron chi connectivity index (χ1n) is 8.69. The monoisotopic (exact) mass is 342 g/mol. The minimum atomic E-state index is -0.0357. The molecule has 0 spiro atoms. The molecule has 0 aromatic carbocycles. The van der Waals surface area contributed by atoms with E-state index in [-0.39, 0.29) is 18.1 Å². The summed E-state index contributed by atoms with van der Waals surface area (Å²) in [6, 6.07) is 3.66. The van der Waals surface area contributed by atoms with Crippen LogP contribution in [0.3, 0.4) is 0 Å². The van der Waals surface area contributed by atoms with E-state index in [0.717, 1.165) is 36.9 Å². The fourth-order valence-electron chi connectivity index (χ4n) is 3.71. The second-order valence-electron chi connectivity index (χ2n) is 6.59. The lowest BCUT2D eigenvalue weighted by atomic mass is 10.1. The van der Waals surface area contributed by atoms with Gasteiger partial charge in [-0.2, -0.15) is 5.10 Å². The molecule has 4 rings (SSSR count). The molecule has 132 valence electrons. The zero-order valence-corrected chi connectivity index (χ0v) is 14.3. The fourth-order valence-corrected chi connectivity index (χ4v) is 3.71. The molecule has 0 unspecified atom stereocenters. The van der Waals surface area contributed by atoms with Crippen molar-refractivity contribution in [3.8, 4) is 5.75 Å². The molecular weight excluding hydrogens is 320 g/mol. The molecule has 0 radical (unpaired) electrons. The van der Waals surface area contributed by atoms with Gasteiger partial charge in [0.05, 0.1) is 18.3 Å². The van der Waals surface area contributed by atoms with E-state index in [4.69, 9.17) is 9.47 Å². The second-order valence-corrected chi connectivity index (χ2v) is 6.59. The number of amides is 1. The van der Waals surface area contributed by atoms with E-state index in [1.54, 1.807) is 19.5 Å². The Labute approximate surface area is 146 Å². The van der Waals surface area contributed by atoms with Crippen molar-refractivity contribution in [3.63, 3.8) is 0 Å². The summed E-state index contributed by atoms with van der Waals surface area (Å²) in [6.07, 6.45) is 7.15. The van der Waals surface area contributed by atoms with Gasteiger partial charge in [0.2, 0.25) is 0 Å². The summed E-state index contributed by atoms with van der Waals surface area (Å²) < 4.78 is 11.3. The molecule has 1 aliphatic carbocycles. The fraction of sp³-hybridized carbons (Fsp3) is 0.500. The molecule has 0 bridgehead atoms. The van der Waals surface area contributed by atoms with Gasteiger partial charge < -0.3 is 14.4 Å². The van der Waals surface area contributed by atoms with Crippen LogP contribution in [0.4, 0.5) is 0 Å². The molecule has 25 heavy (non-hydrogen) atoms. The minimum Gasteiger partial charge on any atom is -0.490 e. The van der Waals surface area contributed by atoms with Crippen LogP contribution in [0.2, 0.25) is 0 Å². The zero-order chi connectivity index (χ0) is 17.2. The lowest BCUT2D eigenvalue weighted by molar-refractivity contribution is 0.0651. The highest BCUT2D eigenvalue weighted by molar-refractivity contribution is 5.94. The molecule has 2 atom stereocenters. The molecular formula is C18H22N4O3. The number of H-pyrrole nitrogens is 1. The number of carbonyl (C=O) groups excluding carboxylic acids is 1. The highest BCUT2D eigenvalue weighted by Crippen LogP contribution is 2.27. The SMILES string of the molecule is CO[C@@H]1C[C@@H](COc2cccnc2)N(C(=O)c2n[nH]c3c2CCC3)C1. The van der Waals surface area contributed by atoms with Crippen molar-refractivity contribution in [2.24, 2.45) is 0 Å². The quantitative estimate of drug-likeness (QED) is 0.893. The molecule has 1 N–H and O–H groups in total. The van der Waals surface area contributed by atoms with Crippen LogP contribution in [0.1, 0.15) is 34.6 Å². The first-order valence-corrected chi connectivity index (χ1v) is 8.69. The number of nitrogens with zero attached hydrogens (tertiary/aromatic N) is 3. The average Bonchev–Trinajstić information content (AvgIpc) is 3.35. The van der Waals surface area contributed by atoms with Crippen LogP contribution in [-0.2, 0) is 17.6 Å². The number of methoxy groups -OCH3 is 1. The first-order chi connectivity index (χ1) is 12.3. The number of fused-ring (bicyclic) bond motifs is 1. The zero-order valence-electron chi connectivity index (χ0n) is 14.3. The summed E-state index contributed by atoms with van der Waals surface area (Å²) in [5.41, 5.74) is 2.75. The average molecular weight is 342 g/mol. The Hall–Kier alpha value is -2.41. The van der Waals surface area contributed by atoms with Gasteiger partial charge in [-0.05, 0) is 37.8 Å². The lowest BCUT2D eigenvalue weighted by Crippen LogP contribution is -2.39. The Bertz CT molecular complexity index is 746. The highest BCUT2D eigenvalue weighted by Gasteiger charge is 2.38. The van der Waals surface area contributed by atoms with Crippen LogP contribution in [0.15, 0.2) is 24.5 Å². The number of aromatic amines is 1. The van der Waals surface area contributed by atoms with Gasteiger partial charge in [0, 0.05) is 31.1 Å². The Morgan fingerprint density at radius 1 is 1.44 bits per heavy atom. The number of pyridine rings is 1. The number of ether oxygens (including phenoxy) is 2. The maximum absolute atomic E-state index is 13.1. The van der Waals surface area contributed by atoms with Crippen molar-refractivity contribution >= 4 is 5.91 Å². The van der Waals surface area contributed by atoms with E-state index >= 15 is 0 Å². The van der Waals surface area contributed by atoms with Crippen molar-refractivity contribution < 1.29 is 14.3 Å². The van der Waals surface area contributed by atoms with Gasteiger partial charge in [-0.15, -0.1) is 0 Å². The van der Waals surface area contributed by atoms with Crippen LogP contribution in [0.25, 0.3) is 0 Å². The Morgan fingerprint density at radius 3 is 3.16 bits per heavy atom. The number of hydrogen-bond acceptors (Lipinski definition) is 5. The van der Waals surface area contributed by atoms with Crippen LogP contribution in [0.5, 0.6) is 5.75 Å². The number of nitrogens with one attached hydrogen (secondary N) is 1. The molecule has 1 amide bonds. The number of hydrogen-bond donors (Lipinski definition) is 1. The number of likely N-dealkylation sites (tertiary alicyclic amines) is 1. The Morgan fingerprint density at radius 2 is 2.36 bits per heavy atom. The molecule has 7 heteroatoms. The molecule has 3 heterocycles. The van der Waals surface area contributed by atoms with Crippen molar-refractivity contribution in [1.82, 2.24) is 20.1 Å². The standard InChI is InChI=1S/C18H22N4O3/c1-24-14-8-12(11-25-13-4-3-7-19-9-13)22(10-14)18(23)17-15-5-2-6-16(15)20-21-17/h3-4,7,9,12,14H,2,5-6,8,10-11H2,1H3,(H,20,21)/t12-,14+/m0/s1. The van der Waals surface area contributed by atoms with E-state index in [9.17, 15) is 4.79 Å². The van der Waals surface area contributed by atoms with Crippen molar-refractivity contribution in [2.45, 2.75) is 37.8 Å². The summed E-state index contributed by atoms with van der Waals surface area (Å²) in [6.45, 7) is 0.988. The molecule has 2 aromatic rings. The van der Waals surface area contributed by atoms with E-state index in [0.29, 0.717) is 24.6 Å². The van der Waals surface area contributed by atoms with Crippen molar-refractivity contribution in [3.05, 3.63) is 41.5 Å². The smallest absolute Gasteiger partial charge is 0.275 e. The number of aromatic nitrogens is 3. The van der Waals surface area contributed by atoms with E-state index in [1.807, 2.05) is 17.0 Å². The predicted octanol–water partition coefficient (Wildman–Crippen LogP) is 1.60. The van der Waals surface area contributed by atoms with Crippen LogP contribution in [-0.4, -0.2) is 58.4 Å². The molecule has 0 saturated carbocycles. The third kappa shape index (κ3) is 3.11. The molecule has 2 aromatic heterocycles. The maximum atomic E-state index is 13.1. The lowest BCUT2D eigenvalue weighted by Gasteiger charge is -2.24. The van der Waals surface area contributed by atoms with Crippen molar-refractivity contribution in [1.29, 1.82) is 0 Å². The highest BCUT2D eigenvalue weighted by atomic mass is 16.5. The Kier molecular flexibility index (Phi) is 4.40. The first kappa shape index (κ1) is 16.1. The minimum absolute atomic E-state index is 0.0263. The normalized spacial score (nSPS) is 22.2. The second kappa shape index (κ2) is 6.84. The van der Waals surface area contributed by atoms with Crippen LogP contribution >= 0.6 is 0 Å².